The van der Waals surface area contributed by atoms with Gasteiger partial charge in [-0.3, -0.25) is 4.79 Å². The van der Waals surface area contributed by atoms with Crippen molar-refractivity contribution in [2.75, 3.05) is 7.11 Å². The van der Waals surface area contributed by atoms with Gasteiger partial charge in [0.05, 0.1) is 7.11 Å². The molecule has 110 valence electrons. The molecule has 3 nitrogen and oxygen atoms in total. The van der Waals surface area contributed by atoms with Gasteiger partial charge in [0, 0.05) is 5.56 Å². The highest BCUT2D eigenvalue weighted by atomic mass is 16.5. The summed E-state index contributed by atoms with van der Waals surface area (Å²) in [4.78, 5) is 12.3. The van der Waals surface area contributed by atoms with Crippen LogP contribution in [0.25, 0.3) is 0 Å². The van der Waals surface area contributed by atoms with Crippen LogP contribution in [0.4, 0.5) is 0 Å². The van der Waals surface area contributed by atoms with Gasteiger partial charge < -0.3 is 9.47 Å². The summed E-state index contributed by atoms with van der Waals surface area (Å²) in [6.45, 7) is 5.84. The molecule has 0 spiro atoms. The standard InChI is InChI=1S/C18H20O3/c1-12-5-8-17(11-13(12)2)21-14(3)18(19)15-6-9-16(20-4)10-7-15/h5-11,14H,1-4H3/t14-/m0/s1. The molecule has 0 heterocycles. The molecule has 2 aromatic carbocycles. The Morgan fingerprint density at radius 1 is 0.952 bits per heavy atom. The highest BCUT2D eigenvalue weighted by Gasteiger charge is 2.17. The predicted molar refractivity (Wildman–Crippen MR) is 83.3 cm³/mol. The zero-order valence-electron chi connectivity index (χ0n) is 12.8. The summed E-state index contributed by atoms with van der Waals surface area (Å²) < 4.78 is 10.8. The van der Waals surface area contributed by atoms with E-state index < -0.39 is 6.10 Å². The lowest BCUT2D eigenvalue weighted by Gasteiger charge is -2.15. The van der Waals surface area contributed by atoms with E-state index in [2.05, 4.69) is 0 Å². The number of aryl methyl sites for hydroxylation is 2. The van der Waals surface area contributed by atoms with E-state index in [1.54, 1.807) is 38.3 Å². The molecule has 0 aliphatic heterocycles. The summed E-state index contributed by atoms with van der Waals surface area (Å²) in [6.07, 6.45) is -0.527. The first-order chi connectivity index (χ1) is 10.0. The zero-order chi connectivity index (χ0) is 15.4. The molecule has 3 heteroatoms. The number of benzene rings is 2. The zero-order valence-corrected chi connectivity index (χ0v) is 12.8. The highest BCUT2D eigenvalue weighted by molar-refractivity contribution is 5.99. The van der Waals surface area contributed by atoms with Crippen LogP contribution in [0.5, 0.6) is 11.5 Å². The van der Waals surface area contributed by atoms with Gasteiger partial charge in [-0.25, -0.2) is 0 Å². The molecule has 0 bridgehead atoms. The van der Waals surface area contributed by atoms with Gasteiger partial charge >= 0.3 is 0 Å². The molecule has 0 radical (unpaired) electrons. The van der Waals surface area contributed by atoms with Gasteiger partial charge in [0.25, 0.3) is 0 Å². The second-order valence-corrected chi connectivity index (χ2v) is 5.10. The number of carbonyl (C=O) groups excluding carboxylic acids is 1. The van der Waals surface area contributed by atoms with Crippen LogP contribution in [0, 0.1) is 13.8 Å². The Morgan fingerprint density at radius 3 is 2.14 bits per heavy atom. The molecule has 2 aromatic rings. The van der Waals surface area contributed by atoms with Crippen molar-refractivity contribution in [3.63, 3.8) is 0 Å². The van der Waals surface area contributed by atoms with Crippen molar-refractivity contribution in [3.05, 3.63) is 59.2 Å². The van der Waals surface area contributed by atoms with Gasteiger partial charge in [0.1, 0.15) is 11.5 Å². The predicted octanol–water partition coefficient (Wildman–Crippen LogP) is 3.96. The van der Waals surface area contributed by atoms with Gasteiger partial charge in [0.2, 0.25) is 5.78 Å². The molecule has 0 aliphatic carbocycles. The molecule has 2 rings (SSSR count). The summed E-state index contributed by atoms with van der Waals surface area (Å²) in [5.74, 6) is 1.40. The molecule has 0 amide bonds. The maximum Gasteiger partial charge on any atom is 0.202 e. The average molecular weight is 284 g/mol. The molecule has 1 atom stereocenters. The van der Waals surface area contributed by atoms with E-state index >= 15 is 0 Å². The smallest absolute Gasteiger partial charge is 0.202 e. The monoisotopic (exact) mass is 284 g/mol. The Labute approximate surface area is 125 Å². The molecule has 0 aliphatic rings. The van der Waals surface area contributed by atoms with E-state index in [4.69, 9.17) is 9.47 Å². The fourth-order valence-corrected chi connectivity index (χ4v) is 2.03. The number of hydrogen-bond donors (Lipinski definition) is 0. The molecule has 0 saturated carbocycles. The number of hydrogen-bond acceptors (Lipinski definition) is 3. The SMILES string of the molecule is COc1ccc(C(=O)[C@H](C)Oc2ccc(C)c(C)c2)cc1. The van der Waals surface area contributed by atoms with E-state index in [1.807, 2.05) is 32.0 Å². The molecule has 0 aromatic heterocycles. The molecule has 0 N–H and O–H groups in total. The van der Waals surface area contributed by atoms with Gasteiger partial charge in [0.15, 0.2) is 6.10 Å². The average Bonchev–Trinajstić information content (AvgIpc) is 2.50. The number of rotatable bonds is 5. The van der Waals surface area contributed by atoms with Crippen molar-refractivity contribution >= 4 is 5.78 Å². The first kappa shape index (κ1) is 15.1. The van der Waals surface area contributed by atoms with Crippen molar-refractivity contribution in [2.24, 2.45) is 0 Å². The summed E-state index contributed by atoms with van der Waals surface area (Å²) in [5, 5.41) is 0. The maximum absolute atomic E-state index is 12.3. The van der Waals surface area contributed by atoms with E-state index in [0.29, 0.717) is 11.3 Å². The van der Waals surface area contributed by atoms with Crippen LogP contribution in [-0.2, 0) is 0 Å². The summed E-state index contributed by atoms with van der Waals surface area (Å²) >= 11 is 0. The molecule has 21 heavy (non-hydrogen) atoms. The second-order valence-electron chi connectivity index (χ2n) is 5.10. The van der Waals surface area contributed by atoms with Crippen molar-refractivity contribution in [1.82, 2.24) is 0 Å². The maximum atomic E-state index is 12.3. The van der Waals surface area contributed by atoms with Crippen LogP contribution in [0.3, 0.4) is 0 Å². The number of Topliss-reactive ketones (excluding diaryl/α,β-unsaturated/α-hetero) is 1. The summed E-state index contributed by atoms with van der Waals surface area (Å²) in [6, 6.07) is 12.9. The van der Waals surface area contributed by atoms with Crippen LogP contribution in [0.2, 0.25) is 0 Å². The lowest BCUT2D eigenvalue weighted by molar-refractivity contribution is 0.0818. The first-order valence-electron chi connectivity index (χ1n) is 6.93. The molecule has 0 unspecified atom stereocenters. The minimum absolute atomic E-state index is 0.0455. The molecule has 0 saturated heterocycles. The quantitative estimate of drug-likeness (QED) is 0.780. The van der Waals surface area contributed by atoms with Crippen molar-refractivity contribution in [1.29, 1.82) is 0 Å². The van der Waals surface area contributed by atoms with E-state index in [0.717, 1.165) is 11.3 Å². The summed E-state index contributed by atoms with van der Waals surface area (Å²) in [7, 11) is 1.60. The lowest BCUT2D eigenvalue weighted by Crippen LogP contribution is -2.23. The van der Waals surface area contributed by atoms with E-state index in [9.17, 15) is 4.79 Å². The van der Waals surface area contributed by atoms with Gasteiger partial charge in [-0.1, -0.05) is 6.07 Å². The second kappa shape index (κ2) is 6.44. The van der Waals surface area contributed by atoms with E-state index in [-0.39, 0.29) is 5.78 Å². The Morgan fingerprint density at radius 2 is 1.57 bits per heavy atom. The molecular formula is C18H20O3. The van der Waals surface area contributed by atoms with Crippen LogP contribution >= 0.6 is 0 Å². The van der Waals surface area contributed by atoms with Crippen molar-refractivity contribution in [2.45, 2.75) is 26.9 Å². The van der Waals surface area contributed by atoms with Crippen LogP contribution in [0.15, 0.2) is 42.5 Å². The summed E-state index contributed by atoms with van der Waals surface area (Å²) in [5.41, 5.74) is 2.97. The number of carbonyl (C=O) groups is 1. The Hall–Kier alpha value is -2.29. The van der Waals surface area contributed by atoms with Crippen molar-refractivity contribution in [3.8, 4) is 11.5 Å². The Balaban J connectivity index is 2.09. The van der Waals surface area contributed by atoms with Crippen LogP contribution in [-0.4, -0.2) is 19.0 Å². The van der Waals surface area contributed by atoms with Crippen LogP contribution < -0.4 is 9.47 Å². The fraction of sp³-hybridized carbons (Fsp3) is 0.278. The third kappa shape index (κ3) is 3.63. The fourth-order valence-electron chi connectivity index (χ4n) is 2.03. The molecule has 0 fully saturated rings. The third-order valence-electron chi connectivity index (χ3n) is 3.53. The number of ether oxygens (including phenoxy) is 2. The minimum Gasteiger partial charge on any atom is -0.497 e. The normalized spacial score (nSPS) is 11.8. The van der Waals surface area contributed by atoms with E-state index in [1.165, 1.54) is 5.56 Å². The minimum atomic E-state index is -0.527. The molecular weight excluding hydrogens is 264 g/mol. The van der Waals surface area contributed by atoms with Crippen LogP contribution in [0.1, 0.15) is 28.4 Å². The lowest BCUT2D eigenvalue weighted by atomic mass is 10.1. The third-order valence-corrected chi connectivity index (χ3v) is 3.53. The topological polar surface area (TPSA) is 35.5 Å². The number of ketones is 1. The van der Waals surface area contributed by atoms with Gasteiger partial charge in [-0.05, 0) is 68.3 Å². The van der Waals surface area contributed by atoms with Gasteiger partial charge in [-0.2, -0.15) is 0 Å². The van der Waals surface area contributed by atoms with Crippen molar-refractivity contribution < 1.29 is 14.3 Å². The van der Waals surface area contributed by atoms with Gasteiger partial charge in [-0.15, -0.1) is 0 Å². The number of methoxy groups -OCH3 is 1. The Kier molecular flexibility index (Phi) is 4.63. The first-order valence-corrected chi connectivity index (χ1v) is 6.93. The largest absolute Gasteiger partial charge is 0.497 e. The Bertz CT molecular complexity index is 629. The highest BCUT2D eigenvalue weighted by Crippen LogP contribution is 2.19.